The molecule has 0 aliphatic carbocycles. The van der Waals surface area contributed by atoms with Crippen molar-refractivity contribution in [1.29, 1.82) is 0 Å². The molecular formula is C19H16N2O5. The average Bonchev–Trinajstić information content (AvgIpc) is 3.10. The number of benzene rings is 2. The lowest BCUT2D eigenvalue weighted by molar-refractivity contribution is -0.119. The van der Waals surface area contributed by atoms with Crippen LogP contribution in [0.3, 0.4) is 0 Å². The highest BCUT2D eigenvalue weighted by Crippen LogP contribution is 2.15. The summed E-state index contributed by atoms with van der Waals surface area (Å²) < 4.78 is 9.61. The molecule has 132 valence electrons. The van der Waals surface area contributed by atoms with Crippen molar-refractivity contribution in [2.75, 3.05) is 19.0 Å². The molecule has 7 nitrogen and oxygen atoms in total. The number of methoxy groups -OCH3 is 1. The van der Waals surface area contributed by atoms with E-state index in [-0.39, 0.29) is 5.69 Å². The number of esters is 2. The van der Waals surface area contributed by atoms with Gasteiger partial charge < -0.3 is 19.8 Å². The molecule has 0 aliphatic heterocycles. The number of anilines is 1. The van der Waals surface area contributed by atoms with Crippen LogP contribution in [0.25, 0.3) is 10.9 Å². The van der Waals surface area contributed by atoms with Crippen LogP contribution in [0.1, 0.15) is 20.8 Å². The third-order valence-corrected chi connectivity index (χ3v) is 3.67. The zero-order chi connectivity index (χ0) is 18.5. The van der Waals surface area contributed by atoms with Crippen LogP contribution in [0.15, 0.2) is 54.6 Å². The highest BCUT2D eigenvalue weighted by Gasteiger charge is 2.13. The molecule has 0 unspecified atom stereocenters. The quantitative estimate of drug-likeness (QED) is 0.688. The fourth-order valence-corrected chi connectivity index (χ4v) is 2.40. The lowest BCUT2D eigenvalue weighted by atomic mass is 10.2. The predicted molar refractivity (Wildman–Crippen MR) is 95.0 cm³/mol. The Bertz CT molecular complexity index is 926. The number of ether oxygens (including phenoxy) is 2. The van der Waals surface area contributed by atoms with E-state index in [1.54, 1.807) is 18.2 Å². The maximum atomic E-state index is 12.0. The Morgan fingerprint density at radius 3 is 2.42 bits per heavy atom. The predicted octanol–water partition coefficient (Wildman–Crippen LogP) is 2.75. The number of fused-ring (bicyclic) bond motifs is 1. The molecule has 2 aromatic carbocycles. The van der Waals surface area contributed by atoms with Crippen molar-refractivity contribution < 1.29 is 23.9 Å². The summed E-state index contributed by atoms with van der Waals surface area (Å²) in [6.45, 7) is -0.424. The van der Waals surface area contributed by atoms with Crippen LogP contribution >= 0.6 is 0 Å². The van der Waals surface area contributed by atoms with E-state index in [1.807, 2.05) is 24.3 Å². The Kier molecular flexibility index (Phi) is 4.98. The Morgan fingerprint density at radius 1 is 1.00 bits per heavy atom. The van der Waals surface area contributed by atoms with E-state index >= 15 is 0 Å². The minimum atomic E-state index is -0.614. The molecule has 0 bridgehead atoms. The minimum absolute atomic E-state index is 0.279. The van der Waals surface area contributed by atoms with Crippen LogP contribution in [0.4, 0.5) is 5.69 Å². The number of hydrogen-bond acceptors (Lipinski definition) is 5. The van der Waals surface area contributed by atoms with Gasteiger partial charge in [0.05, 0.1) is 12.7 Å². The van der Waals surface area contributed by atoms with E-state index in [0.717, 1.165) is 10.9 Å². The van der Waals surface area contributed by atoms with Gasteiger partial charge in [0.25, 0.3) is 5.91 Å². The van der Waals surface area contributed by atoms with E-state index in [4.69, 9.17) is 4.74 Å². The SMILES string of the molecule is COC(=O)c1ccc(NC(=O)COC(=O)c2cc3ccccc3[nH]2)cc1. The van der Waals surface area contributed by atoms with Crippen LogP contribution in [0, 0.1) is 0 Å². The second-order valence-corrected chi connectivity index (χ2v) is 5.46. The largest absolute Gasteiger partial charge is 0.465 e. The summed E-state index contributed by atoms with van der Waals surface area (Å²) in [7, 11) is 1.29. The number of H-pyrrole nitrogens is 1. The summed E-state index contributed by atoms with van der Waals surface area (Å²) in [6.07, 6.45) is 0. The summed E-state index contributed by atoms with van der Waals surface area (Å²) in [4.78, 5) is 38.2. The average molecular weight is 352 g/mol. The third-order valence-electron chi connectivity index (χ3n) is 3.67. The minimum Gasteiger partial charge on any atom is -0.465 e. The van der Waals surface area contributed by atoms with E-state index in [2.05, 4.69) is 15.0 Å². The first-order valence-corrected chi connectivity index (χ1v) is 7.80. The van der Waals surface area contributed by atoms with Crippen molar-refractivity contribution in [2.45, 2.75) is 0 Å². The summed E-state index contributed by atoms with van der Waals surface area (Å²) in [5.74, 6) is -1.56. The molecule has 1 aromatic heterocycles. The van der Waals surface area contributed by atoms with Gasteiger partial charge in [-0.25, -0.2) is 9.59 Å². The van der Waals surface area contributed by atoms with Crippen molar-refractivity contribution in [3.8, 4) is 0 Å². The highest BCUT2D eigenvalue weighted by atomic mass is 16.5. The number of nitrogens with one attached hydrogen (secondary N) is 2. The zero-order valence-electron chi connectivity index (χ0n) is 13.9. The summed E-state index contributed by atoms with van der Waals surface area (Å²) in [6, 6.07) is 15.3. The second kappa shape index (κ2) is 7.52. The molecule has 26 heavy (non-hydrogen) atoms. The first-order chi connectivity index (χ1) is 12.6. The van der Waals surface area contributed by atoms with Gasteiger partial charge >= 0.3 is 11.9 Å². The van der Waals surface area contributed by atoms with Crippen molar-refractivity contribution >= 4 is 34.4 Å². The molecule has 1 amide bonds. The van der Waals surface area contributed by atoms with Gasteiger partial charge in [-0.1, -0.05) is 18.2 Å². The Morgan fingerprint density at radius 2 is 1.73 bits per heavy atom. The molecule has 0 fully saturated rings. The third kappa shape index (κ3) is 3.89. The van der Waals surface area contributed by atoms with Crippen LogP contribution in [-0.2, 0) is 14.3 Å². The number of carbonyl (C=O) groups is 3. The fourth-order valence-electron chi connectivity index (χ4n) is 2.40. The van der Waals surface area contributed by atoms with Gasteiger partial charge in [-0.15, -0.1) is 0 Å². The van der Waals surface area contributed by atoms with Crippen molar-refractivity contribution in [3.63, 3.8) is 0 Å². The summed E-state index contributed by atoms with van der Waals surface area (Å²) in [5, 5.41) is 3.46. The number of aromatic amines is 1. The van der Waals surface area contributed by atoms with Crippen LogP contribution in [0.2, 0.25) is 0 Å². The van der Waals surface area contributed by atoms with Crippen molar-refractivity contribution in [3.05, 3.63) is 65.9 Å². The maximum Gasteiger partial charge on any atom is 0.355 e. The van der Waals surface area contributed by atoms with Gasteiger partial charge in [-0.2, -0.15) is 0 Å². The summed E-state index contributed by atoms with van der Waals surface area (Å²) in [5.41, 5.74) is 1.94. The Labute approximate surface area is 148 Å². The molecule has 0 radical (unpaired) electrons. The van der Waals surface area contributed by atoms with Gasteiger partial charge in [0.1, 0.15) is 5.69 Å². The van der Waals surface area contributed by atoms with Crippen LogP contribution in [-0.4, -0.2) is 36.5 Å². The van der Waals surface area contributed by atoms with Gasteiger partial charge in [-0.05, 0) is 36.4 Å². The van der Waals surface area contributed by atoms with Gasteiger partial charge in [-0.3, -0.25) is 4.79 Å². The van der Waals surface area contributed by atoms with E-state index in [0.29, 0.717) is 11.3 Å². The fraction of sp³-hybridized carbons (Fsp3) is 0.105. The van der Waals surface area contributed by atoms with E-state index in [9.17, 15) is 14.4 Å². The number of rotatable bonds is 5. The first-order valence-electron chi connectivity index (χ1n) is 7.80. The second-order valence-electron chi connectivity index (χ2n) is 5.46. The lowest BCUT2D eigenvalue weighted by Crippen LogP contribution is -2.21. The first kappa shape index (κ1) is 17.2. The molecule has 0 saturated heterocycles. The standard InChI is InChI=1S/C19H16N2O5/c1-25-18(23)12-6-8-14(9-7-12)20-17(22)11-26-19(24)16-10-13-4-2-3-5-15(13)21-16/h2-10,21H,11H2,1H3,(H,20,22). The van der Waals surface area contributed by atoms with E-state index < -0.39 is 24.5 Å². The smallest absolute Gasteiger partial charge is 0.355 e. The lowest BCUT2D eigenvalue weighted by Gasteiger charge is -2.06. The highest BCUT2D eigenvalue weighted by molar-refractivity contribution is 5.98. The molecule has 3 aromatic rings. The monoisotopic (exact) mass is 352 g/mol. The molecule has 0 atom stereocenters. The topological polar surface area (TPSA) is 97.5 Å². The number of para-hydroxylation sites is 1. The Balaban J connectivity index is 1.55. The summed E-state index contributed by atoms with van der Waals surface area (Å²) >= 11 is 0. The molecule has 3 rings (SSSR count). The number of hydrogen-bond donors (Lipinski definition) is 2. The molecule has 0 aliphatic rings. The van der Waals surface area contributed by atoms with Gasteiger partial charge in [0, 0.05) is 16.6 Å². The maximum absolute atomic E-state index is 12.0. The van der Waals surface area contributed by atoms with Crippen molar-refractivity contribution in [1.82, 2.24) is 4.98 Å². The Hall–Kier alpha value is -3.61. The number of aromatic nitrogens is 1. The molecule has 0 spiro atoms. The molecule has 0 saturated carbocycles. The van der Waals surface area contributed by atoms with Crippen LogP contribution in [0.5, 0.6) is 0 Å². The molecule has 2 N–H and O–H groups in total. The number of carbonyl (C=O) groups excluding carboxylic acids is 3. The van der Waals surface area contributed by atoms with Gasteiger partial charge in [0.2, 0.25) is 0 Å². The molecular weight excluding hydrogens is 336 g/mol. The van der Waals surface area contributed by atoms with Crippen molar-refractivity contribution in [2.24, 2.45) is 0 Å². The number of amides is 1. The van der Waals surface area contributed by atoms with Crippen LogP contribution < -0.4 is 5.32 Å². The van der Waals surface area contributed by atoms with Gasteiger partial charge in [0.15, 0.2) is 6.61 Å². The molecule has 1 heterocycles. The van der Waals surface area contributed by atoms with E-state index in [1.165, 1.54) is 19.2 Å². The normalized spacial score (nSPS) is 10.3. The zero-order valence-corrected chi connectivity index (χ0v) is 13.9. The molecule has 7 heteroatoms.